The molecule has 12 heavy (non-hydrogen) atoms. The van der Waals surface area contributed by atoms with Crippen LogP contribution in [0.1, 0.15) is 23.5 Å². The molecule has 0 saturated heterocycles. The largest absolute Gasteiger partial charge is 0.378 e. The van der Waals surface area contributed by atoms with Gasteiger partial charge in [0.1, 0.15) is 6.23 Å². The van der Waals surface area contributed by atoms with Gasteiger partial charge in [-0.05, 0) is 24.0 Å². The highest BCUT2D eigenvalue weighted by Gasteiger charge is 2.25. The van der Waals surface area contributed by atoms with Gasteiger partial charge in [0.15, 0.2) is 0 Å². The average molecular weight is 163 g/mol. The van der Waals surface area contributed by atoms with E-state index < -0.39 is 6.23 Å². The first-order valence-corrected chi connectivity index (χ1v) is 4.30. The van der Waals surface area contributed by atoms with Gasteiger partial charge in [-0.15, -0.1) is 0 Å². The average Bonchev–Trinajstić information content (AvgIpc) is 2.47. The molecule has 2 rings (SSSR count). The van der Waals surface area contributed by atoms with Gasteiger partial charge in [-0.1, -0.05) is 24.3 Å². The number of benzene rings is 1. The van der Waals surface area contributed by atoms with Crippen molar-refractivity contribution in [2.24, 2.45) is 5.73 Å². The Labute approximate surface area is 72.0 Å². The second-order valence-corrected chi connectivity index (χ2v) is 3.33. The minimum Gasteiger partial charge on any atom is -0.378 e. The lowest BCUT2D eigenvalue weighted by Crippen LogP contribution is -2.26. The summed E-state index contributed by atoms with van der Waals surface area (Å²) in [5.74, 6) is 0.154. The second-order valence-electron chi connectivity index (χ2n) is 3.33. The number of fused-ring (bicyclic) bond motifs is 1. The molecule has 0 radical (unpaired) electrons. The molecule has 2 unspecified atom stereocenters. The van der Waals surface area contributed by atoms with Crippen LogP contribution in [0.4, 0.5) is 0 Å². The van der Waals surface area contributed by atoms with E-state index in [1.165, 1.54) is 11.1 Å². The lowest BCUT2D eigenvalue weighted by molar-refractivity contribution is 0.150. The Morgan fingerprint density at radius 2 is 2.17 bits per heavy atom. The zero-order valence-corrected chi connectivity index (χ0v) is 6.90. The van der Waals surface area contributed by atoms with Gasteiger partial charge in [-0.25, -0.2) is 0 Å². The van der Waals surface area contributed by atoms with Crippen molar-refractivity contribution in [3.8, 4) is 0 Å². The van der Waals surface area contributed by atoms with Gasteiger partial charge in [0, 0.05) is 5.92 Å². The van der Waals surface area contributed by atoms with Crippen LogP contribution in [-0.4, -0.2) is 11.3 Å². The number of hydrogen-bond donors (Lipinski definition) is 2. The summed E-state index contributed by atoms with van der Waals surface area (Å²) >= 11 is 0. The number of aliphatic hydroxyl groups is 1. The Morgan fingerprint density at radius 1 is 1.42 bits per heavy atom. The van der Waals surface area contributed by atoms with Crippen LogP contribution in [0.2, 0.25) is 0 Å². The molecule has 0 spiro atoms. The summed E-state index contributed by atoms with van der Waals surface area (Å²) in [5.41, 5.74) is 8.04. The van der Waals surface area contributed by atoms with Gasteiger partial charge < -0.3 is 10.8 Å². The van der Waals surface area contributed by atoms with Crippen LogP contribution >= 0.6 is 0 Å². The molecule has 2 nitrogen and oxygen atoms in total. The molecule has 2 heteroatoms. The molecule has 0 bridgehead atoms. The van der Waals surface area contributed by atoms with Crippen molar-refractivity contribution in [3.05, 3.63) is 35.4 Å². The molecule has 0 aliphatic heterocycles. The summed E-state index contributed by atoms with van der Waals surface area (Å²) in [6.45, 7) is 0. The van der Waals surface area contributed by atoms with Gasteiger partial charge in [0.2, 0.25) is 0 Å². The second kappa shape index (κ2) is 2.88. The van der Waals surface area contributed by atoms with Gasteiger partial charge in [-0.3, -0.25) is 0 Å². The van der Waals surface area contributed by atoms with Crippen molar-refractivity contribution < 1.29 is 5.11 Å². The van der Waals surface area contributed by atoms with E-state index in [2.05, 4.69) is 12.1 Å². The molecule has 2 atom stereocenters. The van der Waals surface area contributed by atoms with Gasteiger partial charge >= 0.3 is 0 Å². The fourth-order valence-electron chi connectivity index (χ4n) is 1.94. The minimum absolute atomic E-state index is 0.154. The van der Waals surface area contributed by atoms with E-state index in [0.29, 0.717) is 0 Å². The van der Waals surface area contributed by atoms with E-state index in [9.17, 15) is 5.11 Å². The number of nitrogens with two attached hydrogens (primary N) is 1. The summed E-state index contributed by atoms with van der Waals surface area (Å²) in [6, 6.07) is 8.20. The SMILES string of the molecule is NC(O)C1CCc2ccccc21. The maximum atomic E-state index is 9.28. The molecule has 0 heterocycles. The molecule has 1 aliphatic carbocycles. The number of aryl methyl sites for hydroxylation is 1. The van der Waals surface area contributed by atoms with Crippen molar-refractivity contribution in [2.45, 2.75) is 25.0 Å². The predicted molar refractivity (Wildman–Crippen MR) is 47.7 cm³/mol. The van der Waals surface area contributed by atoms with E-state index >= 15 is 0 Å². The fourth-order valence-corrected chi connectivity index (χ4v) is 1.94. The Hall–Kier alpha value is -0.860. The van der Waals surface area contributed by atoms with E-state index in [1.54, 1.807) is 0 Å². The van der Waals surface area contributed by atoms with E-state index in [1.807, 2.05) is 12.1 Å². The standard InChI is InChI=1S/C10H13NO/c11-10(12)9-6-5-7-3-1-2-4-8(7)9/h1-4,9-10,12H,5-6,11H2. The summed E-state index contributed by atoms with van der Waals surface area (Å²) in [5, 5.41) is 9.28. The summed E-state index contributed by atoms with van der Waals surface area (Å²) in [7, 11) is 0. The first-order chi connectivity index (χ1) is 5.79. The Morgan fingerprint density at radius 3 is 2.92 bits per heavy atom. The zero-order valence-electron chi connectivity index (χ0n) is 6.90. The molecule has 1 aliphatic rings. The maximum absolute atomic E-state index is 9.28. The minimum atomic E-state index is -0.700. The highest BCUT2D eigenvalue weighted by atomic mass is 16.3. The predicted octanol–water partition coefficient (Wildman–Crippen LogP) is 0.994. The normalized spacial score (nSPS) is 23.7. The van der Waals surface area contributed by atoms with Gasteiger partial charge in [-0.2, -0.15) is 0 Å². The molecular weight excluding hydrogens is 150 g/mol. The molecule has 64 valence electrons. The first kappa shape index (κ1) is 7.77. The Bertz CT molecular complexity index is 283. The highest BCUT2D eigenvalue weighted by molar-refractivity contribution is 5.35. The van der Waals surface area contributed by atoms with Crippen LogP contribution in [0.25, 0.3) is 0 Å². The topological polar surface area (TPSA) is 46.2 Å². The van der Waals surface area contributed by atoms with Crippen LogP contribution in [0, 0.1) is 0 Å². The zero-order chi connectivity index (χ0) is 8.55. The third-order valence-corrected chi connectivity index (χ3v) is 2.59. The highest BCUT2D eigenvalue weighted by Crippen LogP contribution is 2.33. The fraction of sp³-hybridized carbons (Fsp3) is 0.400. The Kier molecular flexibility index (Phi) is 1.87. The van der Waals surface area contributed by atoms with Crippen LogP contribution < -0.4 is 5.73 Å². The van der Waals surface area contributed by atoms with Gasteiger partial charge in [0.05, 0.1) is 0 Å². The van der Waals surface area contributed by atoms with Crippen molar-refractivity contribution in [1.82, 2.24) is 0 Å². The van der Waals surface area contributed by atoms with Crippen LogP contribution in [0.5, 0.6) is 0 Å². The first-order valence-electron chi connectivity index (χ1n) is 4.30. The molecule has 0 fully saturated rings. The molecule has 1 aromatic carbocycles. The van der Waals surface area contributed by atoms with Crippen molar-refractivity contribution >= 4 is 0 Å². The lowest BCUT2D eigenvalue weighted by atomic mass is 10.0. The van der Waals surface area contributed by atoms with Crippen molar-refractivity contribution in [1.29, 1.82) is 0 Å². The third-order valence-electron chi connectivity index (χ3n) is 2.59. The van der Waals surface area contributed by atoms with E-state index in [-0.39, 0.29) is 5.92 Å². The summed E-state index contributed by atoms with van der Waals surface area (Å²) in [4.78, 5) is 0. The third kappa shape index (κ3) is 1.13. The quantitative estimate of drug-likeness (QED) is 0.606. The lowest BCUT2D eigenvalue weighted by Gasteiger charge is -2.13. The van der Waals surface area contributed by atoms with Crippen LogP contribution in [-0.2, 0) is 6.42 Å². The maximum Gasteiger partial charge on any atom is 0.109 e. The van der Waals surface area contributed by atoms with Crippen LogP contribution in [0.3, 0.4) is 0 Å². The summed E-state index contributed by atoms with van der Waals surface area (Å²) < 4.78 is 0. The molecule has 0 aromatic heterocycles. The Balaban J connectivity index is 2.36. The molecule has 0 amide bonds. The van der Waals surface area contributed by atoms with E-state index in [0.717, 1.165) is 12.8 Å². The molecule has 0 saturated carbocycles. The smallest absolute Gasteiger partial charge is 0.109 e. The number of aliphatic hydroxyl groups excluding tert-OH is 1. The van der Waals surface area contributed by atoms with Gasteiger partial charge in [0.25, 0.3) is 0 Å². The monoisotopic (exact) mass is 163 g/mol. The molecule has 1 aromatic rings. The van der Waals surface area contributed by atoms with Crippen molar-refractivity contribution in [3.63, 3.8) is 0 Å². The molecule has 3 N–H and O–H groups in total. The molecular formula is C10H13NO. The number of hydrogen-bond acceptors (Lipinski definition) is 2. The number of rotatable bonds is 1. The summed E-state index contributed by atoms with van der Waals surface area (Å²) in [6.07, 6.45) is 1.33. The van der Waals surface area contributed by atoms with E-state index in [4.69, 9.17) is 5.73 Å². The van der Waals surface area contributed by atoms with Crippen LogP contribution in [0.15, 0.2) is 24.3 Å². The van der Waals surface area contributed by atoms with Crippen molar-refractivity contribution in [2.75, 3.05) is 0 Å².